The van der Waals surface area contributed by atoms with Crippen molar-refractivity contribution in [2.24, 2.45) is 23.7 Å². The molecule has 0 aromatic rings. The van der Waals surface area contributed by atoms with Crippen LogP contribution in [0.3, 0.4) is 0 Å². The van der Waals surface area contributed by atoms with Gasteiger partial charge >= 0.3 is 0 Å². The van der Waals surface area contributed by atoms with Crippen molar-refractivity contribution >= 4 is 21.8 Å². The van der Waals surface area contributed by atoms with Gasteiger partial charge in [-0.15, -0.1) is 0 Å². The summed E-state index contributed by atoms with van der Waals surface area (Å²) in [6, 6.07) is 0. The lowest BCUT2D eigenvalue weighted by Crippen LogP contribution is -2.38. The van der Waals surface area contributed by atoms with Crippen LogP contribution >= 0.6 is 15.9 Å². The Hall–Kier alpha value is -0.0500. The molecular formula is C12H18BrNO. The van der Waals surface area contributed by atoms with Crippen molar-refractivity contribution in [3.63, 3.8) is 0 Å². The number of carbonyl (C=O) groups excluding carboxylic acids is 1. The van der Waals surface area contributed by atoms with Crippen LogP contribution in [0.15, 0.2) is 0 Å². The van der Waals surface area contributed by atoms with Crippen molar-refractivity contribution in [1.29, 1.82) is 0 Å². The first-order valence-electron chi connectivity index (χ1n) is 6.13. The minimum atomic E-state index is 0.295. The molecule has 4 rings (SSSR count). The van der Waals surface area contributed by atoms with Gasteiger partial charge in [-0.2, -0.15) is 0 Å². The van der Waals surface area contributed by atoms with Crippen molar-refractivity contribution in [3.8, 4) is 0 Å². The Balaban J connectivity index is 1.76. The minimum absolute atomic E-state index is 0.295. The van der Waals surface area contributed by atoms with E-state index >= 15 is 0 Å². The molecular weight excluding hydrogens is 254 g/mol. The molecule has 1 amide bonds. The van der Waals surface area contributed by atoms with Crippen LogP contribution in [-0.2, 0) is 4.79 Å². The van der Waals surface area contributed by atoms with E-state index in [2.05, 4.69) is 20.8 Å². The number of likely N-dealkylation sites (tertiary alicyclic amines) is 1. The number of hydrogen-bond donors (Lipinski definition) is 0. The number of amides is 1. The van der Waals surface area contributed by atoms with Gasteiger partial charge in [0.25, 0.3) is 0 Å². The number of hydrogen-bond acceptors (Lipinski definition) is 1. The van der Waals surface area contributed by atoms with E-state index in [-0.39, 0.29) is 0 Å². The van der Waals surface area contributed by atoms with Crippen molar-refractivity contribution in [3.05, 3.63) is 0 Å². The zero-order chi connectivity index (χ0) is 10.4. The highest BCUT2D eigenvalue weighted by Crippen LogP contribution is 2.51. The summed E-state index contributed by atoms with van der Waals surface area (Å²) in [5, 5.41) is 0.502. The Bertz CT molecular complexity index is 253. The maximum absolute atomic E-state index is 11.7. The van der Waals surface area contributed by atoms with Gasteiger partial charge in [0.1, 0.15) is 0 Å². The molecule has 2 nitrogen and oxygen atoms in total. The van der Waals surface area contributed by atoms with E-state index in [0.717, 1.165) is 36.8 Å². The zero-order valence-corrected chi connectivity index (χ0v) is 10.6. The molecule has 0 aromatic heterocycles. The van der Waals surface area contributed by atoms with E-state index in [4.69, 9.17) is 0 Å². The monoisotopic (exact) mass is 271 g/mol. The Labute approximate surface area is 99.5 Å². The van der Waals surface area contributed by atoms with Crippen LogP contribution in [0.4, 0.5) is 0 Å². The van der Waals surface area contributed by atoms with Gasteiger partial charge in [0.05, 0.1) is 5.33 Å². The zero-order valence-electron chi connectivity index (χ0n) is 8.99. The van der Waals surface area contributed by atoms with Gasteiger partial charge in [-0.3, -0.25) is 4.79 Å². The molecule has 4 aliphatic rings. The van der Waals surface area contributed by atoms with E-state index in [9.17, 15) is 4.79 Å². The molecule has 0 spiro atoms. The maximum Gasteiger partial charge on any atom is 0.233 e. The summed E-state index contributed by atoms with van der Waals surface area (Å²) in [6.07, 6.45) is 5.73. The molecule has 4 fully saturated rings. The molecule has 1 aliphatic heterocycles. The van der Waals surface area contributed by atoms with Crippen LogP contribution in [0.1, 0.15) is 25.7 Å². The predicted octanol–water partition coefficient (Wildman–Crippen LogP) is 2.28. The molecule has 0 radical (unpaired) electrons. The second-order valence-electron chi connectivity index (χ2n) is 5.43. The summed E-state index contributed by atoms with van der Waals surface area (Å²) in [7, 11) is 0. The summed E-state index contributed by atoms with van der Waals surface area (Å²) in [4.78, 5) is 13.8. The molecule has 2 bridgehead atoms. The third-order valence-corrected chi connectivity index (χ3v) is 5.39. The van der Waals surface area contributed by atoms with Crippen LogP contribution in [0.25, 0.3) is 0 Å². The molecule has 2 atom stereocenters. The quantitative estimate of drug-likeness (QED) is 0.671. The van der Waals surface area contributed by atoms with E-state index < -0.39 is 0 Å². The second kappa shape index (κ2) is 3.76. The summed E-state index contributed by atoms with van der Waals surface area (Å²) in [5.74, 6) is 3.87. The number of alkyl halides is 1. The fraction of sp³-hybridized carbons (Fsp3) is 0.917. The maximum atomic E-state index is 11.7. The Morgan fingerprint density at radius 3 is 1.93 bits per heavy atom. The molecule has 1 saturated heterocycles. The lowest BCUT2D eigenvalue weighted by molar-refractivity contribution is -0.127. The first kappa shape index (κ1) is 10.1. The minimum Gasteiger partial charge on any atom is -0.341 e. The number of halogens is 1. The average molecular weight is 272 g/mol. The van der Waals surface area contributed by atoms with Crippen molar-refractivity contribution in [1.82, 2.24) is 4.90 Å². The van der Waals surface area contributed by atoms with Gasteiger partial charge in [0.15, 0.2) is 0 Å². The number of fused-ring (bicyclic) bond motifs is 2. The van der Waals surface area contributed by atoms with Gasteiger partial charge in [-0.1, -0.05) is 15.9 Å². The van der Waals surface area contributed by atoms with Gasteiger partial charge in [-0.05, 0) is 49.4 Å². The molecule has 0 aromatic carbocycles. The molecule has 0 N–H and O–H groups in total. The summed E-state index contributed by atoms with van der Waals surface area (Å²) in [5.41, 5.74) is 0. The van der Waals surface area contributed by atoms with Crippen LogP contribution in [0, 0.1) is 23.7 Å². The lowest BCUT2D eigenvalue weighted by Gasteiger charge is -2.44. The topological polar surface area (TPSA) is 20.3 Å². The molecule has 3 aliphatic carbocycles. The smallest absolute Gasteiger partial charge is 0.233 e. The van der Waals surface area contributed by atoms with Crippen LogP contribution in [-0.4, -0.2) is 29.2 Å². The summed E-state index contributed by atoms with van der Waals surface area (Å²) < 4.78 is 0. The standard InChI is InChI=1S/C12H18BrNO/c13-5-12(15)14-6-10-8-1-2-9(4-3-8)11(10)7-14/h8-11H,1-7H2. The predicted molar refractivity (Wildman–Crippen MR) is 62.8 cm³/mol. The van der Waals surface area contributed by atoms with Gasteiger partial charge in [0, 0.05) is 13.1 Å². The SMILES string of the molecule is O=C(CBr)N1CC2C3CCC(CC3)C2C1. The van der Waals surface area contributed by atoms with Crippen LogP contribution < -0.4 is 0 Å². The highest BCUT2D eigenvalue weighted by atomic mass is 79.9. The van der Waals surface area contributed by atoms with Gasteiger partial charge < -0.3 is 4.90 Å². The fourth-order valence-electron chi connectivity index (χ4n) is 4.14. The van der Waals surface area contributed by atoms with E-state index in [1.165, 1.54) is 25.7 Å². The number of carbonyl (C=O) groups is 1. The third kappa shape index (κ3) is 1.54. The number of rotatable bonds is 1. The third-order valence-electron chi connectivity index (χ3n) is 4.91. The van der Waals surface area contributed by atoms with Crippen molar-refractivity contribution in [2.45, 2.75) is 25.7 Å². The van der Waals surface area contributed by atoms with E-state index in [0.29, 0.717) is 11.2 Å². The molecule has 3 heteroatoms. The Morgan fingerprint density at radius 1 is 1.07 bits per heavy atom. The highest BCUT2D eigenvalue weighted by Gasteiger charge is 2.48. The van der Waals surface area contributed by atoms with Gasteiger partial charge in [-0.25, -0.2) is 0 Å². The molecule has 15 heavy (non-hydrogen) atoms. The van der Waals surface area contributed by atoms with E-state index in [1.54, 1.807) is 0 Å². The molecule has 2 unspecified atom stereocenters. The largest absolute Gasteiger partial charge is 0.341 e. The summed E-state index contributed by atoms with van der Waals surface area (Å²) >= 11 is 3.28. The first-order chi connectivity index (χ1) is 7.29. The van der Waals surface area contributed by atoms with Crippen LogP contribution in [0.2, 0.25) is 0 Å². The normalized spacial score (nSPS) is 43.1. The Kier molecular flexibility index (Phi) is 2.54. The second-order valence-corrected chi connectivity index (χ2v) is 6.00. The lowest BCUT2D eigenvalue weighted by atomic mass is 9.60. The molecule has 1 heterocycles. The molecule has 84 valence electrons. The average Bonchev–Trinajstić information content (AvgIpc) is 2.76. The van der Waals surface area contributed by atoms with Crippen molar-refractivity contribution < 1.29 is 4.79 Å². The molecule has 3 saturated carbocycles. The Morgan fingerprint density at radius 2 is 1.53 bits per heavy atom. The number of nitrogens with zero attached hydrogens (tertiary/aromatic N) is 1. The van der Waals surface area contributed by atoms with E-state index in [1.807, 2.05) is 0 Å². The van der Waals surface area contributed by atoms with Crippen LogP contribution in [0.5, 0.6) is 0 Å². The highest BCUT2D eigenvalue weighted by molar-refractivity contribution is 9.09. The van der Waals surface area contributed by atoms with Gasteiger partial charge in [0.2, 0.25) is 5.91 Å². The summed E-state index contributed by atoms with van der Waals surface area (Å²) in [6.45, 7) is 2.10. The first-order valence-corrected chi connectivity index (χ1v) is 7.25. The fourth-order valence-corrected chi connectivity index (χ4v) is 4.50. The van der Waals surface area contributed by atoms with Crippen molar-refractivity contribution in [2.75, 3.05) is 18.4 Å².